The Morgan fingerprint density at radius 1 is 0.697 bits per heavy atom. The van der Waals surface area contributed by atoms with Gasteiger partial charge in [-0.1, -0.05) is 58.0 Å². The van der Waals surface area contributed by atoms with Gasteiger partial charge in [0.15, 0.2) is 0 Å². The molecule has 3 aromatic heterocycles. The second-order valence-corrected chi connectivity index (χ2v) is 10.2. The first-order valence-electron chi connectivity index (χ1n) is 12.1. The van der Waals surface area contributed by atoms with E-state index in [1.54, 1.807) is 0 Å². The molecule has 0 atom stereocenters. The van der Waals surface area contributed by atoms with Crippen LogP contribution in [-0.4, -0.2) is 15.0 Å². The summed E-state index contributed by atoms with van der Waals surface area (Å²) in [5.41, 5.74) is 11.2. The molecule has 3 nitrogen and oxygen atoms in total. The monoisotopic (exact) mass is 435 g/mol. The molecule has 1 aliphatic heterocycles. The number of H-pyrrole nitrogens is 1. The molecule has 33 heavy (non-hydrogen) atoms. The molecule has 168 valence electrons. The minimum absolute atomic E-state index is 0.234. The van der Waals surface area contributed by atoms with Crippen molar-refractivity contribution in [1.82, 2.24) is 15.0 Å². The van der Waals surface area contributed by atoms with E-state index in [2.05, 4.69) is 107 Å². The van der Waals surface area contributed by atoms with Gasteiger partial charge in [0.2, 0.25) is 0 Å². The molecular formula is C30H33N3. The molecule has 4 aromatic rings. The standard InChI is InChI=1S/C30H33N3/c1-7-21-22(8-2)28-30(5,6)26-17-10-14-23(31-26)19-12-9-13-20(18-19)29(3,4)25-16-11-15-24(32-25)27(21)33-28/h9-18,33H,7-8H2,1-6H3. The number of fused-ring (bicyclic) bond motifs is 10. The maximum atomic E-state index is 5.23. The average Bonchev–Trinajstić information content (AvgIpc) is 3.23. The Bertz CT molecular complexity index is 1340. The van der Waals surface area contributed by atoms with E-state index in [4.69, 9.17) is 9.97 Å². The number of pyridine rings is 2. The van der Waals surface area contributed by atoms with Crippen LogP contribution in [0.5, 0.6) is 0 Å². The van der Waals surface area contributed by atoms with Gasteiger partial charge in [0.1, 0.15) is 0 Å². The van der Waals surface area contributed by atoms with Gasteiger partial charge in [0.05, 0.1) is 28.5 Å². The number of nitrogens with zero attached hydrogens (tertiary/aromatic N) is 2. The summed E-state index contributed by atoms with van der Waals surface area (Å²) >= 11 is 0. The van der Waals surface area contributed by atoms with Crippen LogP contribution in [0, 0.1) is 0 Å². The third kappa shape index (κ3) is 3.33. The number of aromatic nitrogens is 3. The topological polar surface area (TPSA) is 41.6 Å². The van der Waals surface area contributed by atoms with Crippen molar-refractivity contribution >= 4 is 0 Å². The normalized spacial score (nSPS) is 15.7. The zero-order valence-electron chi connectivity index (χ0n) is 20.6. The number of benzene rings is 1. The molecule has 0 aliphatic carbocycles. The number of hydrogen-bond acceptors (Lipinski definition) is 2. The summed E-state index contributed by atoms with van der Waals surface area (Å²) in [5, 5.41) is 0. The van der Waals surface area contributed by atoms with Gasteiger partial charge >= 0.3 is 0 Å². The van der Waals surface area contributed by atoms with Crippen molar-refractivity contribution < 1.29 is 0 Å². The summed E-state index contributed by atoms with van der Waals surface area (Å²) in [4.78, 5) is 14.3. The van der Waals surface area contributed by atoms with Gasteiger partial charge in [-0.15, -0.1) is 0 Å². The predicted molar refractivity (Wildman–Crippen MR) is 137 cm³/mol. The summed E-state index contributed by atoms with van der Waals surface area (Å²) in [6.45, 7) is 13.6. The van der Waals surface area contributed by atoms with Gasteiger partial charge < -0.3 is 4.98 Å². The Balaban J connectivity index is 1.90. The van der Waals surface area contributed by atoms with Crippen LogP contribution < -0.4 is 0 Å². The van der Waals surface area contributed by atoms with Crippen molar-refractivity contribution in [3.05, 3.63) is 94.4 Å². The van der Waals surface area contributed by atoms with Crippen molar-refractivity contribution in [3.8, 4) is 22.6 Å². The van der Waals surface area contributed by atoms with Crippen molar-refractivity contribution in [2.75, 3.05) is 0 Å². The molecule has 4 heterocycles. The lowest BCUT2D eigenvalue weighted by molar-refractivity contribution is 0.592. The first kappa shape index (κ1) is 21.6. The SMILES string of the molecule is CCc1c2[nH]c(c1CC)C(C)(C)c1cccc(n1)-c1cccc(c1)C(C)(C)c1cccc-2n1. The molecule has 0 spiro atoms. The van der Waals surface area contributed by atoms with E-state index >= 15 is 0 Å². The van der Waals surface area contributed by atoms with Gasteiger partial charge in [-0.25, -0.2) is 0 Å². The highest BCUT2D eigenvalue weighted by Gasteiger charge is 2.33. The molecule has 8 bridgehead atoms. The lowest BCUT2D eigenvalue weighted by Crippen LogP contribution is -2.23. The third-order valence-corrected chi connectivity index (χ3v) is 7.46. The quantitative estimate of drug-likeness (QED) is 0.361. The van der Waals surface area contributed by atoms with Crippen molar-refractivity contribution in [1.29, 1.82) is 0 Å². The van der Waals surface area contributed by atoms with Gasteiger partial charge in [-0.3, -0.25) is 9.97 Å². The summed E-state index contributed by atoms with van der Waals surface area (Å²) in [7, 11) is 0. The minimum atomic E-state index is -0.262. The number of aromatic amines is 1. The Morgan fingerprint density at radius 3 is 2.00 bits per heavy atom. The van der Waals surface area contributed by atoms with E-state index in [9.17, 15) is 0 Å². The van der Waals surface area contributed by atoms with Crippen LogP contribution >= 0.6 is 0 Å². The van der Waals surface area contributed by atoms with Gasteiger partial charge in [-0.05, 0) is 73.7 Å². The van der Waals surface area contributed by atoms with Crippen LogP contribution in [0.1, 0.15) is 75.3 Å². The van der Waals surface area contributed by atoms with Crippen LogP contribution in [0.25, 0.3) is 22.6 Å². The molecule has 5 rings (SSSR count). The Morgan fingerprint density at radius 2 is 1.30 bits per heavy atom. The Labute approximate surface area is 197 Å². The highest BCUT2D eigenvalue weighted by atomic mass is 14.9. The van der Waals surface area contributed by atoms with Crippen LogP contribution in [0.15, 0.2) is 60.7 Å². The zero-order chi connectivity index (χ0) is 23.4. The smallest absolute Gasteiger partial charge is 0.0871 e. The van der Waals surface area contributed by atoms with Gasteiger partial charge in [0, 0.05) is 22.1 Å². The van der Waals surface area contributed by atoms with Gasteiger partial charge in [0.25, 0.3) is 0 Å². The average molecular weight is 436 g/mol. The lowest BCUT2D eigenvalue weighted by atomic mass is 9.80. The van der Waals surface area contributed by atoms with Gasteiger partial charge in [-0.2, -0.15) is 0 Å². The van der Waals surface area contributed by atoms with Crippen LogP contribution in [0.2, 0.25) is 0 Å². The van der Waals surface area contributed by atoms with Crippen molar-refractivity contribution in [2.24, 2.45) is 0 Å². The second kappa shape index (κ2) is 7.69. The number of hydrogen-bond donors (Lipinski definition) is 1. The van der Waals surface area contributed by atoms with E-state index in [1.807, 2.05) is 0 Å². The summed E-state index contributed by atoms with van der Waals surface area (Å²) in [6, 6.07) is 21.7. The van der Waals surface area contributed by atoms with Crippen molar-refractivity contribution in [3.63, 3.8) is 0 Å². The summed E-state index contributed by atoms with van der Waals surface area (Å²) in [5.74, 6) is 0. The van der Waals surface area contributed by atoms with E-state index in [-0.39, 0.29) is 10.8 Å². The van der Waals surface area contributed by atoms with Crippen LogP contribution in [0.4, 0.5) is 0 Å². The molecule has 1 N–H and O–H groups in total. The zero-order valence-corrected chi connectivity index (χ0v) is 20.6. The molecule has 0 unspecified atom stereocenters. The largest absolute Gasteiger partial charge is 0.356 e. The van der Waals surface area contributed by atoms with Crippen molar-refractivity contribution in [2.45, 2.75) is 65.2 Å². The third-order valence-electron chi connectivity index (χ3n) is 7.46. The van der Waals surface area contributed by atoms with E-state index in [0.717, 1.165) is 46.9 Å². The summed E-state index contributed by atoms with van der Waals surface area (Å²) in [6.07, 6.45) is 1.94. The van der Waals surface area contributed by atoms with E-state index < -0.39 is 0 Å². The Hall–Kier alpha value is -3.20. The number of nitrogens with one attached hydrogen (secondary N) is 1. The lowest BCUT2D eigenvalue weighted by Gasteiger charge is -2.27. The highest BCUT2D eigenvalue weighted by Crippen LogP contribution is 2.40. The first-order chi connectivity index (χ1) is 15.8. The predicted octanol–water partition coefficient (Wildman–Crippen LogP) is 7.23. The fourth-order valence-electron chi connectivity index (χ4n) is 5.32. The fourth-order valence-corrected chi connectivity index (χ4v) is 5.32. The first-order valence-corrected chi connectivity index (χ1v) is 12.1. The number of rotatable bonds is 2. The summed E-state index contributed by atoms with van der Waals surface area (Å²) < 4.78 is 0. The molecule has 0 radical (unpaired) electrons. The maximum Gasteiger partial charge on any atom is 0.0871 e. The molecule has 3 heteroatoms. The van der Waals surface area contributed by atoms with E-state index in [0.29, 0.717) is 0 Å². The maximum absolute atomic E-state index is 5.23. The second-order valence-electron chi connectivity index (χ2n) is 10.2. The molecule has 1 aliphatic rings. The van der Waals surface area contributed by atoms with Crippen LogP contribution in [-0.2, 0) is 23.7 Å². The minimum Gasteiger partial charge on any atom is -0.356 e. The molecule has 0 saturated carbocycles. The molecular weight excluding hydrogens is 402 g/mol. The fraction of sp³-hybridized carbons (Fsp3) is 0.333. The molecule has 0 amide bonds. The van der Waals surface area contributed by atoms with Crippen LogP contribution in [0.3, 0.4) is 0 Å². The highest BCUT2D eigenvalue weighted by molar-refractivity contribution is 5.66. The molecule has 0 saturated heterocycles. The Kier molecular flexibility index (Phi) is 5.04. The molecule has 0 fully saturated rings. The van der Waals surface area contributed by atoms with E-state index in [1.165, 1.54) is 22.4 Å². The molecule has 1 aromatic carbocycles.